The molecule has 0 bridgehead atoms. The van der Waals surface area contributed by atoms with Crippen LogP contribution in [0, 0.1) is 6.92 Å². The molecule has 1 amide bonds. The van der Waals surface area contributed by atoms with E-state index in [4.69, 9.17) is 4.74 Å². The van der Waals surface area contributed by atoms with Crippen molar-refractivity contribution in [2.75, 3.05) is 27.2 Å². The number of pyridine rings is 1. The number of ether oxygens (including phenoxy) is 1. The van der Waals surface area contributed by atoms with Gasteiger partial charge in [-0.2, -0.15) is 0 Å². The molecule has 2 heterocycles. The van der Waals surface area contributed by atoms with E-state index in [2.05, 4.69) is 4.98 Å². The molecule has 0 spiro atoms. The number of benzene rings is 1. The largest absolute Gasteiger partial charge is 0.507 e. The highest BCUT2D eigenvalue weighted by atomic mass is 16.5. The number of likely N-dealkylation sites (tertiary alicyclic amines) is 1. The van der Waals surface area contributed by atoms with Gasteiger partial charge in [0.15, 0.2) is 0 Å². The van der Waals surface area contributed by atoms with Crippen molar-refractivity contribution in [3.63, 3.8) is 0 Å². The van der Waals surface area contributed by atoms with Crippen molar-refractivity contribution >= 4 is 17.4 Å². The Bertz CT molecular complexity index is 1020. The maximum Gasteiger partial charge on any atom is 0.295 e. The first-order valence-electron chi connectivity index (χ1n) is 10.8. The molecule has 170 valence electrons. The minimum atomic E-state index is -0.670. The second-order valence-electron chi connectivity index (χ2n) is 8.57. The summed E-state index contributed by atoms with van der Waals surface area (Å²) in [6.45, 7) is 6.91. The van der Waals surface area contributed by atoms with Crippen molar-refractivity contribution in [3.05, 3.63) is 65.0 Å². The number of hydrogen-bond donors (Lipinski definition) is 1. The summed E-state index contributed by atoms with van der Waals surface area (Å²) in [5.74, 6) is -0.752. The first kappa shape index (κ1) is 23.5. The van der Waals surface area contributed by atoms with Gasteiger partial charge < -0.3 is 19.6 Å². The summed E-state index contributed by atoms with van der Waals surface area (Å²) in [7, 11) is 3.92. The van der Waals surface area contributed by atoms with Crippen molar-refractivity contribution in [3.8, 4) is 5.75 Å². The van der Waals surface area contributed by atoms with Crippen LogP contribution in [0.5, 0.6) is 5.75 Å². The number of Topliss-reactive ketones (excluding diaryl/α,β-unsaturated/α-hetero) is 1. The third kappa shape index (κ3) is 4.99. The molecule has 1 aromatic heterocycles. The minimum Gasteiger partial charge on any atom is -0.507 e. The zero-order chi connectivity index (χ0) is 23.4. The standard InChI is InChI=1S/C25H31N3O4/c1-16(2)32-19-7-8-20(17(3)15-19)23(29)21-22(18-9-11-26-12-10-18)28(25(31)24(21)30)14-6-13-27(4)5/h7-12,15-16,22,29H,6,13-14H2,1-5H3/t22-/m0/s1. The average molecular weight is 438 g/mol. The minimum absolute atomic E-state index is 0.0213. The van der Waals surface area contributed by atoms with Gasteiger partial charge in [-0.05, 0) is 89.3 Å². The molecule has 0 saturated carbocycles. The van der Waals surface area contributed by atoms with Crippen LogP contribution in [0.2, 0.25) is 0 Å². The lowest BCUT2D eigenvalue weighted by Gasteiger charge is -2.26. The van der Waals surface area contributed by atoms with Crippen LogP contribution in [0.15, 0.2) is 48.3 Å². The topological polar surface area (TPSA) is 83.0 Å². The summed E-state index contributed by atoms with van der Waals surface area (Å²) in [4.78, 5) is 33.7. The second kappa shape index (κ2) is 9.96. The van der Waals surface area contributed by atoms with E-state index in [9.17, 15) is 14.7 Å². The van der Waals surface area contributed by atoms with Crippen LogP contribution in [0.4, 0.5) is 0 Å². The summed E-state index contributed by atoms with van der Waals surface area (Å²) < 4.78 is 5.73. The SMILES string of the molecule is Cc1cc(OC(C)C)ccc1C(O)=C1C(=O)C(=O)N(CCCN(C)C)[C@H]1c1ccncc1. The maximum atomic E-state index is 13.1. The van der Waals surface area contributed by atoms with Gasteiger partial charge in [-0.15, -0.1) is 0 Å². The number of nitrogens with zero attached hydrogens (tertiary/aromatic N) is 3. The third-order valence-corrected chi connectivity index (χ3v) is 5.39. The van der Waals surface area contributed by atoms with Gasteiger partial charge >= 0.3 is 0 Å². The zero-order valence-electron chi connectivity index (χ0n) is 19.3. The van der Waals surface area contributed by atoms with Crippen LogP contribution < -0.4 is 4.74 Å². The van der Waals surface area contributed by atoms with Crippen molar-refractivity contribution in [1.29, 1.82) is 0 Å². The Morgan fingerprint density at radius 1 is 1.19 bits per heavy atom. The number of aryl methyl sites for hydroxylation is 1. The average Bonchev–Trinajstić information content (AvgIpc) is 2.98. The third-order valence-electron chi connectivity index (χ3n) is 5.39. The summed E-state index contributed by atoms with van der Waals surface area (Å²) in [6, 6.07) is 8.20. The lowest BCUT2D eigenvalue weighted by molar-refractivity contribution is -0.139. The van der Waals surface area contributed by atoms with Gasteiger partial charge in [-0.3, -0.25) is 14.6 Å². The lowest BCUT2D eigenvalue weighted by atomic mass is 9.94. The summed E-state index contributed by atoms with van der Waals surface area (Å²) in [5.41, 5.74) is 2.11. The van der Waals surface area contributed by atoms with E-state index in [0.29, 0.717) is 24.3 Å². The Morgan fingerprint density at radius 2 is 1.88 bits per heavy atom. The van der Waals surface area contributed by atoms with Crippen LogP contribution in [-0.4, -0.2) is 64.9 Å². The van der Waals surface area contributed by atoms with Crippen molar-refractivity contribution < 1.29 is 19.4 Å². The van der Waals surface area contributed by atoms with E-state index in [1.54, 1.807) is 41.6 Å². The molecule has 3 rings (SSSR count). The summed E-state index contributed by atoms with van der Waals surface area (Å²) in [6.07, 6.45) is 3.98. The van der Waals surface area contributed by atoms with E-state index in [1.165, 1.54) is 0 Å². The fourth-order valence-corrected chi connectivity index (χ4v) is 3.95. The summed E-state index contributed by atoms with van der Waals surface area (Å²) in [5, 5.41) is 11.2. The number of aromatic nitrogens is 1. The highest BCUT2D eigenvalue weighted by Gasteiger charge is 2.45. The molecule has 0 radical (unpaired) electrons. The number of aliphatic hydroxyl groups excluding tert-OH is 1. The number of carbonyl (C=O) groups is 2. The van der Waals surface area contributed by atoms with Gasteiger partial charge in [0.05, 0.1) is 17.7 Å². The molecule has 0 aliphatic carbocycles. The molecule has 1 N–H and O–H groups in total. The molecule has 1 aliphatic heterocycles. The molecule has 1 aromatic carbocycles. The number of aliphatic hydroxyl groups is 1. The first-order chi connectivity index (χ1) is 15.2. The van der Waals surface area contributed by atoms with E-state index >= 15 is 0 Å². The second-order valence-corrected chi connectivity index (χ2v) is 8.57. The molecule has 2 aromatic rings. The molecule has 7 nitrogen and oxygen atoms in total. The van der Waals surface area contributed by atoms with Crippen LogP contribution in [0.3, 0.4) is 0 Å². The predicted molar refractivity (Wildman–Crippen MR) is 123 cm³/mol. The Morgan fingerprint density at radius 3 is 2.47 bits per heavy atom. The van der Waals surface area contributed by atoms with Gasteiger partial charge in [-0.1, -0.05) is 0 Å². The lowest BCUT2D eigenvalue weighted by Crippen LogP contribution is -2.32. The molecule has 32 heavy (non-hydrogen) atoms. The van der Waals surface area contributed by atoms with Gasteiger partial charge in [0.25, 0.3) is 11.7 Å². The van der Waals surface area contributed by atoms with Gasteiger partial charge in [-0.25, -0.2) is 0 Å². The molecular weight excluding hydrogens is 406 g/mol. The number of hydrogen-bond acceptors (Lipinski definition) is 6. The molecule has 1 saturated heterocycles. The Hall–Kier alpha value is -3.19. The van der Waals surface area contributed by atoms with E-state index < -0.39 is 17.7 Å². The van der Waals surface area contributed by atoms with Gasteiger partial charge in [0.1, 0.15) is 11.5 Å². The smallest absolute Gasteiger partial charge is 0.295 e. The fourth-order valence-electron chi connectivity index (χ4n) is 3.95. The number of amides is 1. The van der Waals surface area contributed by atoms with Crippen LogP contribution in [0.25, 0.3) is 5.76 Å². The fraction of sp³-hybridized carbons (Fsp3) is 0.400. The predicted octanol–water partition coefficient (Wildman–Crippen LogP) is 3.55. The zero-order valence-corrected chi connectivity index (χ0v) is 19.3. The molecule has 0 unspecified atom stereocenters. The van der Waals surface area contributed by atoms with Gasteiger partial charge in [0, 0.05) is 24.5 Å². The normalized spacial score (nSPS) is 18.1. The molecular formula is C25H31N3O4. The molecule has 1 aliphatic rings. The Balaban J connectivity index is 2.06. The molecule has 1 atom stereocenters. The van der Waals surface area contributed by atoms with Crippen molar-refractivity contribution in [2.45, 2.75) is 39.3 Å². The van der Waals surface area contributed by atoms with E-state index in [0.717, 1.165) is 17.7 Å². The highest BCUT2D eigenvalue weighted by Crippen LogP contribution is 2.40. The number of rotatable bonds is 8. The number of ketones is 1. The van der Waals surface area contributed by atoms with E-state index in [1.807, 2.05) is 45.8 Å². The quantitative estimate of drug-likeness (QED) is 0.386. The van der Waals surface area contributed by atoms with Crippen LogP contribution in [-0.2, 0) is 9.59 Å². The summed E-state index contributed by atoms with van der Waals surface area (Å²) >= 11 is 0. The van der Waals surface area contributed by atoms with Crippen LogP contribution in [0.1, 0.15) is 43.0 Å². The monoisotopic (exact) mass is 437 g/mol. The Labute approximate surface area is 189 Å². The van der Waals surface area contributed by atoms with Crippen LogP contribution >= 0.6 is 0 Å². The van der Waals surface area contributed by atoms with Crippen molar-refractivity contribution in [2.24, 2.45) is 0 Å². The Kier molecular flexibility index (Phi) is 7.30. The van der Waals surface area contributed by atoms with E-state index in [-0.39, 0.29) is 17.4 Å². The highest BCUT2D eigenvalue weighted by molar-refractivity contribution is 6.46. The van der Waals surface area contributed by atoms with Crippen molar-refractivity contribution in [1.82, 2.24) is 14.8 Å². The maximum absolute atomic E-state index is 13.1. The number of carbonyl (C=O) groups excluding carboxylic acids is 2. The molecule has 1 fully saturated rings. The van der Waals surface area contributed by atoms with Gasteiger partial charge in [0.2, 0.25) is 0 Å². The molecule has 7 heteroatoms. The first-order valence-corrected chi connectivity index (χ1v) is 10.8.